The summed E-state index contributed by atoms with van der Waals surface area (Å²) in [5.74, 6) is -0.477. The number of imidazole rings is 1. The molecular weight excluding hydrogens is 359 g/mol. The van der Waals surface area contributed by atoms with Crippen LogP contribution in [0.5, 0.6) is 0 Å². The number of fused-ring (bicyclic) bond motifs is 1. The molecule has 0 spiro atoms. The number of nitrogens with zero attached hydrogens (tertiary/aromatic N) is 3. The van der Waals surface area contributed by atoms with E-state index in [9.17, 15) is 14.0 Å². The summed E-state index contributed by atoms with van der Waals surface area (Å²) >= 11 is 0. The molecule has 2 aromatic carbocycles. The van der Waals surface area contributed by atoms with Crippen LogP contribution < -0.4 is 15.9 Å². The predicted octanol–water partition coefficient (Wildman–Crippen LogP) is 2.60. The van der Waals surface area contributed by atoms with Gasteiger partial charge in [-0.15, -0.1) is 0 Å². The van der Waals surface area contributed by atoms with E-state index in [1.165, 1.54) is 10.6 Å². The van der Waals surface area contributed by atoms with Gasteiger partial charge in [-0.1, -0.05) is 24.3 Å². The van der Waals surface area contributed by atoms with E-state index < -0.39 is 0 Å². The number of benzene rings is 2. The molecule has 28 heavy (non-hydrogen) atoms. The normalized spacial score (nSPS) is 11.0. The minimum atomic E-state index is -0.263. The standard InChI is InChI=1S/C21H25FN4O2/c1-3-25-18-11-6-7-12-19(18)26(21(25)28)15-20(27)23-13-8-14-24(2)17-10-5-4-9-16(17)22/h4-7,9-12H,3,8,13-15H2,1-2H3,(H,23,27). The number of carbonyl (C=O) groups excluding carboxylic acids is 1. The number of hydrogen-bond donors (Lipinski definition) is 1. The van der Waals surface area contributed by atoms with Gasteiger partial charge < -0.3 is 10.2 Å². The lowest BCUT2D eigenvalue weighted by Gasteiger charge is -2.19. The number of amides is 1. The van der Waals surface area contributed by atoms with Crippen molar-refractivity contribution in [2.75, 3.05) is 25.0 Å². The predicted molar refractivity (Wildman–Crippen MR) is 109 cm³/mol. The van der Waals surface area contributed by atoms with Crippen molar-refractivity contribution in [1.29, 1.82) is 0 Å². The minimum Gasteiger partial charge on any atom is -0.372 e. The number of rotatable bonds is 8. The van der Waals surface area contributed by atoms with Crippen LogP contribution in [0, 0.1) is 5.82 Å². The Hall–Kier alpha value is -3.09. The van der Waals surface area contributed by atoms with E-state index in [-0.39, 0.29) is 24.0 Å². The van der Waals surface area contributed by atoms with E-state index in [0.717, 1.165) is 11.0 Å². The zero-order valence-corrected chi connectivity index (χ0v) is 16.2. The lowest BCUT2D eigenvalue weighted by molar-refractivity contribution is -0.121. The molecule has 0 saturated carbocycles. The van der Waals surface area contributed by atoms with Crippen molar-refractivity contribution >= 4 is 22.6 Å². The first kappa shape index (κ1) is 19.7. The first-order valence-corrected chi connectivity index (χ1v) is 9.43. The fraction of sp³-hybridized carbons (Fsp3) is 0.333. The van der Waals surface area contributed by atoms with Crippen LogP contribution in [0.15, 0.2) is 53.3 Å². The summed E-state index contributed by atoms with van der Waals surface area (Å²) in [6.45, 7) is 3.51. The lowest BCUT2D eigenvalue weighted by Crippen LogP contribution is -2.34. The number of nitrogens with one attached hydrogen (secondary N) is 1. The molecule has 0 aliphatic heterocycles. The minimum absolute atomic E-state index is 0.0184. The van der Waals surface area contributed by atoms with Crippen molar-refractivity contribution in [3.8, 4) is 0 Å². The zero-order valence-electron chi connectivity index (χ0n) is 16.2. The van der Waals surface area contributed by atoms with Crippen LogP contribution in [0.25, 0.3) is 11.0 Å². The number of para-hydroxylation sites is 3. The molecule has 0 radical (unpaired) electrons. The average Bonchev–Trinajstić information content (AvgIpc) is 2.96. The molecule has 7 heteroatoms. The van der Waals surface area contributed by atoms with Crippen molar-refractivity contribution in [3.63, 3.8) is 0 Å². The van der Waals surface area contributed by atoms with Crippen LogP contribution in [-0.4, -0.2) is 35.2 Å². The van der Waals surface area contributed by atoms with Crippen molar-refractivity contribution in [2.45, 2.75) is 26.4 Å². The second kappa shape index (κ2) is 8.73. The maximum atomic E-state index is 13.8. The Morgan fingerprint density at radius 2 is 1.71 bits per heavy atom. The van der Waals surface area contributed by atoms with E-state index in [4.69, 9.17) is 0 Å². The molecule has 0 aliphatic rings. The van der Waals surface area contributed by atoms with Gasteiger partial charge in [0.2, 0.25) is 5.91 Å². The van der Waals surface area contributed by atoms with Crippen LogP contribution in [-0.2, 0) is 17.9 Å². The van der Waals surface area contributed by atoms with Gasteiger partial charge in [-0.2, -0.15) is 0 Å². The van der Waals surface area contributed by atoms with Crippen LogP contribution in [0.4, 0.5) is 10.1 Å². The summed E-state index contributed by atoms with van der Waals surface area (Å²) in [6, 6.07) is 14.1. The smallest absolute Gasteiger partial charge is 0.329 e. The van der Waals surface area contributed by atoms with Gasteiger partial charge in [0, 0.05) is 26.7 Å². The van der Waals surface area contributed by atoms with Crippen molar-refractivity contribution in [1.82, 2.24) is 14.5 Å². The summed E-state index contributed by atoms with van der Waals surface area (Å²) in [5, 5.41) is 2.84. The summed E-state index contributed by atoms with van der Waals surface area (Å²) in [6.07, 6.45) is 0.669. The number of aryl methyl sites for hydroxylation is 1. The van der Waals surface area contributed by atoms with Gasteiger partial charge in [0.25, 0.3) is 0 Å². The molecular formula is C21H25FN4O2. The highest BCUT2D eigenvalue weighted by Gasteiger charge is 2.14. The number of aromatic nitrogens is 2. The first-order chi connectivity index (χ1) is 13.5. The second-order valence-corrected chi connectivity index (χ2v) is 6.68. The van der Waals surface area contributed by atoms with Crippen LogP contribution >= 0.6 is 0 Å². The molecule has 148 valence electrons. The van der Waals surface area contributed by atoms with E-state index >= 15 is 0 Å². The van der Waals surface area contributed by atoms with Gasteiger partial charge in [-0.3, -0.25) is 13.9 Å². The average molecular weight is 384 g/mol. The van der Waals surface area contributed by atoms with Gasteiger partial charge in [0.1, 0.15) is 12.4 Å². The maximum Gasteiger partial charge on any atom is 0.329 e. The van der Waals surface area contributed by atoms with Crippen LogP contribution in [0.1, 0.15) is 13.3 Å². The van der Waals surface area contributed by atoms with E-state index in [0.29, 0.717) is 31.7 Å². The lowest BCUT2D eigenvalue weighted by atomic mass is 10.2. The Bertz CT molecular complexity index is 1020. The number of halogens is 1. The third kappa shape index (κ3) is 4.08. The third-order valence-electron chi connectivity index (χ3n) is 4.80. The highest BCUT2D eigenvalue weighted by atomic mass is 19.1. The molecule has 1 heterocycles. The molecule has 1 aromatic heterocycles. The molecule has 0 saturated heterocycles. The largest absolute Gasteiger partial charge is 0.372 e. The molecule has 0 bridgehead atoms. The van der Waals surface area contributed by atoms with Gasteiger partial charge in [0.05, 0.1) is 16.7 Å². The molecule has 6 nitrogen and oxygen atoms in total. The highest BCUT2D eigenvalue weighted by molar-refractivity contribution is 5.80. The summed E-state index contributed by atoms with van der Waals surface area (Å²) in [5.41, 5.74) is 1.93. The highest BCUT2D eigenvalue weighted by Crippen LogP contribution is 2.17. The first-order valence-electron chi connectivity index (χ1n) is 9.43. The fourth-order valence-corrected chi connectivity index (χ4v) is 3.36. The number of carbonyl (C=O) groups is 1. The van der Waals surface area contributed by atoms with Gasteiger partial charge in [0.15, 0.2) is 0 Å². The van der Waals surface area contributed by atoms with Gasteiger partial charge in [-0.25, -0.2) is 9.18 Å². The molecule has 3 rings (SSSR count). The maximum absolute atomic E-state index is 13.8. The van der Waals surface area contributed by atoms with Crippen LogP contribution in [0.2, 0.25) is 0 Å². The molecule has 3 aromatic rings. The molecule has 1 amide bonds. The monoisotopic (exact) mass is 384 g/mol. The summed E-state index contributed by atoms with van der Waals surface area (Å²) in [7, 11) is 1.82. The van der Waals surface area contributed by atoms with Crippen molar-refractivity contribution < 1.29 is 9.18 Å². The topological polar surface area (TPSA) is 59.3 Å². The van der Waals surface area contributed by atoms with Crippen LogP contribution in [0.3, 0.4) is 0 Å². The molecule has 0 aliphatic carbocycles. The van der Waals surface area contributed by atoms with Crippen molar-refractivity contribution in [3.05, 3.63) is 64.8 Å². The fourth-order valence-electron chi connectivity index (χ4n) is 3.36. The van der Waals surface area contributed by atoms with Crippen molar-refractivity contribution in [2.24, 2.45) is 0 Å². The van der Waals surface area contributed by atoms with Gasteiger partial charge in [-0.05, 0) is 37.6 Å². The molecule has 0 unspecified atom stereocenters. The Kier molecular flexibility index (Phi) is 6.13. The third-order valence-corrected chi connectivity index (χ3v) is 4.80. The van der Waals surface area contributed by atoms with E-state index in [2.05, 4.69) is 5.32 Å². The molecule has 1 N–H and O–H groups in total. The Labute approximate surface area is 163 Å². The summed E-state index contributed by atoms with van der Waals surface area (Å²) in [4.78, 5) is 26.7. The molecule has 0 atom stereocenters. The SMILES string of the molecule is CCn1c(=O)n(CC(=O)NCCCN(C)c2ccccc2F)c2ccccc21. The van der Waals surface area contributed by atoms with E-state index in [1.54, 1.807) is 22.8 Å². The number of anilines is 1. The Morgan fingerprint density at radius 1 is 1.07 bits per heavy atom. The quantitative estimate of drug-likeness (QED) is 0.608. The Balaban J connectivity index is 1.56. The van der Waals surface area contributed by atoms with Gasteiger partial charge >= 0.3 is 5.69 Å². The Morgan fingerprint density at radius 3 is 2.39 bits per heavy atom. The molecule has 0 fully saturated rings. The summed E-state index contributed by atoms with van der Waals surface area (Å²) < 4.78 is 16.9. The van der Waals surface area contributed by atoms with E-state index in [1.807, 2.05) is 43.1 Å². The second-order valence-electron chi connectivity index (χ2n) is 6.68. The number of hydrogen-bond acceptors (Lipinski definition) is 3. The zero-order chi connectivity index (χ0) is 20.1.